The van der Waals surface area contributed by atoms with Crippen molar-refractivity contribution in [3.05, 3.63) is 29.3 Å². The Morgan fingerprint density at radius 2 is 1.86 bits per heavy atom. The largest absolute Gasteiger partial charge is 0.378 e. The van der Waals surface area contributed by atoms with Gasteiger partial charge in [0.1, 0.15) is 5.41 Å². The molecule has 1 fully saturated rings. The molecule has 0 saturated carbocycles. The molecule has 0 unspecified atom stereocenters. The maximum absolute atomic E-state index is 12.5. The Morgan fingerprint density at radius 1 is 1.24 bits per heavy atom. The smallest absolute Gasteiger partial charge is 0.239 e. The highest BCUT2D eigenvalue weighted by atomic mass is 35.5. The fourth-order valence-corrected chi connectivity index (χ4v) is 2.28. The first kappa shape index (κ1) is 15.8. The first-order chi connectivity index (χ1) is 9.93. The van der Waals surface area contributed by atoms with Crippen LogP contribution in [0.2, 0.25) is 5.02 Å². The minimum absolute atomic E-state index is 0.199. The summed E-state index contributed by atoms with van der Waals surface area (Å²) in [5.41, 5.74) is -0.650. The summed E-state index contributed by atoms with van der Waals surface area (Å²) in [7, 11) is 0. The zero-order chi connectivity index (χ0) is 15.5. The van der Waals surface area contributed by atoms with Gasteiger partial charge in [0.15, 0.2) is 0 Å². The lowest BCUT2D eigenvalue weighted by molar-refractivity contribution is -0.149. The Bertz CT molecular complexity index is 539. The second-order valence-corrected chi connectivity index (χ2v) is 5.87. The lowest BCUT2D eigenvalue weighted by atomic mass is 9.90. The van der Waals surface area contributed by atoms with Gasteiger partial charge in [-0.25, -0.2) is 0 Å². The van der Waals surface area contributed by atoms with E-state index in [4.69, 9.17) is 16.3 Å². The number of morpholine rings is 1. The van der Waals surface area contributed by atoms with Crippen LogP contribution < -0.4 is 5.32 Å². The van der Waals surface area contributed by atoms with Gasteiger partial charge in [0, 0.05) is 13.1 Å². The molecular formula is C15H19ClN2O3. The number of nitrogens with zero attached hydrogens (tertiary/aromatic N) is 1. The van der Waals surface area contributed by atoms with E-state index < -0.39 is 5.41 Å². The molecule has 1 N–H and O–H groups in total. The fourth-order valence-electron chi connectivity index (χ4n) is 2.10. The van der Waals surface area contributed by atoms with Crippen molar-refractivity contribution in [2.75, 3.05) is 31.6 Å². The zero-order valence-electron chi connectivity index (χ0n) is 12.2. The predicted octanol–water partition coefficient (Wildman–Crippen LogP) is 2.16. The summed E-state index contributed by atoms with van der Waals surface area (Å²) in [5.74, 6) is -0.567. The number of amides is 2. The van der Waals surface area contributed by atoms with E-state index in [2.05, 4.69) is 5.32 Å². The Balaban J connectivity index is 2.09. The van der Waals surface area contributed by atoms with E-state index >= 15 is 0 Å². The molecule has 5 nitrogen and oxygen atoms in total. The fraction of sp³-hybridized carbons (Fsp3) is 0.467. The van der Waals surface area contributed by atoms with Crippen LogP contribution in [0, 0.1) is 5.41 Å². The number of carbonyl (C=O) groups is 2. The number of anilines is 1. The summed E-state index contributed by atoms with van der Waals surface area (Å²) < 4.78 is 5.22. The Morgan fingerprint density at radius 3 is 2.48 bits per heavy atom. The molecule has 1 aliphatic heterocycles. The van der Waals surface area contributed by atoms with E-state index in [1.807, 2.05) is 0 Å². The van der Waals surface area contributed by atoms with Crippen LogP contribution in [-0.2, 0) is 14.3 Å². The second kappa shape index (κ2) is 6.45. The molecule has 1 heterocycles. The van der Waals surface area contributed by atoms with Gasteiger partial charge in [-0.3, -0.25) is 9.59 Å². The van der Waals surface area contributed by atoms with Gasteiger partial charge in [0.05, 0.1) is 23.9 Å². The Labute approximate surface area is 129 Å². The number of hydrogen-bond donors (Lipinski definition) is 1. The van der Waals surface area contributed by atoms with Crippen molar-refractivity contribution >= 4 is 29.1 Å². The molecule has 1 aromatic carbocycles. The van der Waals surface area contributed by atoms with Crippen molar-refractivity contribution < 1.29 is 14.3 Å². The minimum atomic E-state index is -1.16. The summed E-state index contributed by atoms with van der Waals surface area (Å²) in [6, 6.07) is 6.95. The monoisotopic (exact) mass is 310 g/mol. The van der Waals surface area contributed by atoms with Gasteiger partial charge in [0.2, 0.25) is 11.8 Å². The molecule has 0 aliphatic carbocycles. The number of hydrogen-bond acceptors (Lipinski definition) is 3. The van der Waals surface area contributed by atoms with Gasteiger partial charge in [-0.05, 0) is 26.0 Å². The molecule has 114 valence electrons. The molecular weight excluding hydrogens is 292 g/mol. The molecule has 0 radical (unpaired) electrons. The molecule has 0 bridgehead atoms. The van der Waals surface area contributed by atoms with E-state index in [-0.39, 0.29) is 11.8 Å². The van der Waals surface area contributed by atoms with Crippen LogP contribution in [0.1, 0.15) is 13.8 Å². The molecule has 1 aliphatic rings. The highest BCUT2D eigenvalue weighted by molar-refractivity contribution is 6.33. The summed E-state index contributed by atoms with van der Waals surface area (Å²) >= 11 is 6.02. The molecule has 6 heteroatoms. The SMILES string of the molecule is CC(C)(C(=O)Nc1ccccc1Cl)C(=O)N1CCOCC1. The lowest BCUT2D eigenvalue weighted by Gasteiger charge is -2.33. The summed E-state index contributed by atoms with van der Waals surface area (Å²) in [5, 5.41) is 3.17. The van der Waals surface area contributed by atoms with Crippen molar-refractivity contribution in [2.24, 2.45) is 5.41 Å². The van der Waals surface area contributed by atoms with Crippen LogP contribution in [0.3, 0.4) is 0 Å². The van der Waals surface area contributed by atoms with Crippen molar-refractivity contribution in [2.45, 2.75) is 13.8 Å². The summed E-state index contributed by atoms with van der Waals surface area (Å²) in [6.45, 7) is 5.29. The van der Waals surface area contributed by atoms with Crippen LogP contribution in [0.15, 0.2) is 24.3 Å². The molecule has 21 heavy (non-hydrogen) atoms. The normalized spacial score (nSPS) is 15.7. The van der Waals surface area contributed by atoms with Gasteiger partial charge in [-0.1, -0.05) is 23.7 Å². The zero-order valence-corrected chi connectivity index (χ0v) is 12.9. The van der Waals surface area contributed by atoms with E-state index in [0.717, 1.165) is 0 Å². The van der Waals surface area contributed by atoms with E-state index in [0.29, 0.717) is 37.0 Å². The number of halogens is 1. The maximum atomic E-state index is 12.5. The summed E-state index contributed by atoms with van der Waals surface area (Å²) in [6.07, 6.45) is 0. The molecule has 1 aromatic rings. The third kappa shape index (κ3) is 3.54. The molecule has 2 amide bonds. The number of rotatable bonds is 3. The first-order valence-corrected chi connectivity index (χ1v) is 7.24. The van der Waals surface area contributed by atoms with Crippen LogP contribution in [0.25, 0.3) is 0 Å². The highest BCUT2D eigenvalue weighted by Crippen LogP contribution is 2.26. The third-order valence-corrected chi connectivity index (χ3v) is 3.85. The van der Waals surface area contributed by atoms with Crippen molar-refractivity contribution in [3.8, 4) is 0 Å². The van der Waals surface area contributed by atoms with Gasteiger partial charge in [-0.2, -0.15) is 0 Å². The molecule has 0 atom stereocenters. The topological polar surface area (TPSA) is 58.6 Å². The van der Waals surface area contributed by atoms with E-state index in [1.54, 1.807) is 43.0 Å². The van der Waals surface area contributed by atoms with E-state index in [9.17, 15) is 9.59 Å². The molecule has 2 rings (SSSR count). The number of nitrogens with one attached hydrogen (secondary N) is 1. The molecule has 0 spiro atoms. The minimum Gasteiger partial charge on any atom is -0.378 e. The van der Waals surface area contributed by atoms with Crippen LogP contribution in [0.4, 0.5) is 5.69 Å². The average molecular weight is 311 g/mol. The van der Waals surface area contributed by atoms with Gasteiger partial charge >= 0.3 is 0 Å². The Kier molecular flexibility index (Phi) is 4.85. The van der Waals surface area contributed by atoms with Gasteiger partial charge in [0.25, 0.3) is 0 Å². The van der Waals surface area contributed by atoms with Crippen molar-refractivity contribution in [1.29, 1.82) is 0 Å². The van der Waals surface area contributed by atoms with Crippen molar-refractivity contribution in [1.82, 2.24) is 4.90 Å². The lowest BCUT2D eigenvalue weighted by Crippen LogP contribution is -2.51. The molecule has 0 aromatic heterocycles. The van der Waals surface area contributed by atoms with Crippen molar-refractivity contribution in [3.63, 3.8) is 0 Å². The number of benzene rings is 1. The highest BCUT2D eigenvalue weighted by Gasteiger charge is 2.39. The number of ether oxygens (including phenoxy) is 1. The quantitative estimate of drug-likeness (QED) is 0.870. The number of carbonyl (C=O) groups excluding carboxylic acids is 2. The van der Waals surface area contributed by atoms with Crippen LogP contribution >= 0.6 is 11.6 Å². The standard InChI is InChI=1S/C15H19ClN2O3/c1-15(2,14(20)18-7-9-21-10-8-18)13(19)17-12-6-4-3-5-11(12)16/h3-6H,7-10H2,1-2H3,(H,17,19). The van der Waals surface area contributed by atoms with E-state index in [1.165, 1.54) is 0 Å². The second-order valence-electron chi connectivity index (χ2n) is 5.46. The molecule has 1 saturated heterocycles. The number of para-hydroxylation sites is 1. The van der Waals surface area contributed by atoms with Gasteiger partial charge in [-0.15, -0.1) is 0 Å². The van der Waals surface area contributed by atoms with Crippen LogP contribution in [0.5, 0.6) is 0 Å². The third-order valence-electron chi connectivity index (χ3n) is 3.52. The first-order valence-electron chi connectivity index (χ1n) is 6.86. The van der Waals surface area contributed by atoms with Crippen LogP contribution in [-0.4, -0.2) is 43.0 Å². The average Bonchev–Trinajstić information content (AvgIpc) is 2.49. The predicted molar refractivity (Wildman–Crippen MR) is 81.3 cm³/mol. The van der Waals surface area contributed by atoms with Gasteiger partial charge < -0.3 is 15.0 Å². The maximum Gasteiger partial charge on any atom is 0.239 e. The Hall–Kier alpha value is -1.59. The summed E-state index contributed by atoms with van der Waals surface area (Å²) in [4.78, 5) is 26.6.